The molecule has 1 atom stereocenters. The van der Waals surface area contributed by atoms with Gasteiger partial charge in [-0.1, -0.05) is 26.0 Å². The van der Waals surface area contributed by atoms with Gasteiger partial charge in [-0.3, -0.25) is 4.79 Å². The van der Waals surface area contributed by atoms with Crippen LogP contribution < -0.4 is 11.1 Å². The first-order valence-corrected chi connectivity index (χ1v) is 8.02. The number of nitrogens with one attached hydrogen (secondary N) is 1. The highest BCUT2D eigenvalue weighted by atomic mass is 35.5. The van der Waals surface area contributed by atoms with Crippen LogP contribution in [0.4, 0.5) is 0 Å². The van der Waals surface area contributed by atoms with Gasteiger partial charge >= 0.3 is 0 Å². The Bertz CT molecular complexity index is 625. The standard InChI is InChI=1S/C18H26N4O.ClH/c1-14(2)12-18(3,13-19)21-17(23)11-15-5-7-16(8-6-15)22-10-4-9-20-22;/h4-10,14H,11-13,19H2,1-3H3,(H,21,23);1H. The van der Waals surface area contributed by atoms with Gasteiger partial charge in [0.1, 0.15) is 0 Å². The number of amides is 1. The van der Waals surface area contributed by atoms with Crippen LogP contribution in [0.2, 0.25) is 0 Å². The number of carbonyl (C=O) groups excluding carboxylic acids is 1. The summed E-state index contributed by atoms with van der Waals surface area (Å²) in [7, 11) is 0. The van der Waals surface area contributed by atoms with Crippen molar-refractivity contribution in [2.24, 2.45) is 11.7 Å². The van der Waals surface area contributed by atoms with Gasteiger partial charge in [0.15, 0.2) is 0 Å². The van der Waals surface area contributed by atoms with Crippen LogP contribution in [0.1, 0.15) is 32.8 Å². The van der Waals surface area contributed by atoms with Gasteiger partial charge in [0, 0.05) is 24.5 Å². The molecule has 1 unspecified atom stereocenters. The van der Waals surface area contributed by atoms with Crippen LogP contribution in [0.25, 0.3) is 5.69 Å². The minimum atomic E-state index is -0.347. The summed E-state index contributed by atoms with van der Waals surface area (Å²) in [5, 5.41) is 7.27. The molecule has 0 bridgehead atoms. The molecule has 0 aliphatic carbocycles. The molecule has 1 aromatic carbocycles. The number of hydrogen-bond acceptors (Lipinski definition) is 3. The SMILES string of the molecule is CC(C)CC(C)(CN)NC(=O)Cc1ccc(-n2cccn2)cc1.Cl. The average Bonchev–Trinajstić information content (AvgIpc) is 3.01. The van der Waals surface area contributed by atoms with Gasteiger partial charge in [-0.2, -0.15) is 5.10 Å². The van der Waals surface area contributed by atoms with Gasteiger partial charge < -0.3 is 11.1 Å². The fourth-order valence-electron chi connectivity index (χ4n) is 2.84. The molecule has 0 aliphatic rings. The first-order valence-electron chi connectivity index (χ1n) is 8.02. The zero-order chi connectivity index (χ0) is 16.9. The minimum absolute atomic E-state index is 0. The van der Waals surface area contributed by atoms with Crippen LogP contribution in [0.5, 0.6) is 0 Å². The second kappa shape index (κ2) is 8.85. The predicted molar refractivity (Wildman–Crippen MR) is 99.6 cm³/mol. The summed E-state index contributed by atoms with van der Waals surface area (Å²) < 4.78 is 1.79. The van der Waals surface area contributed by atoms with Crippen molar-refractivity contribution in [3.8, 4) is 5.69 Å². The summed E-state index contributed by atoms with van der Waals surface area (Å²) in [6, 6.07) is 9.72. The zero-order valence-electron chi connectivity index (χ0n) is 14.5. The van der Waals surface area contributed by atoms with E-state index in [2.05, 4.69) is 24.3 Å². The molecule has 5 nitrogen and oxygen atoms in total. The summed E-state index contributed by atoms with van der Waals surface area (Å²) in [6.07, 6.45) is 4.85. The molecule has 6 heteroatoms. The topological polar surface area (TPSA) is 72.9 Å². The summed E-state index contributed by atoms with van der Waals surface area (Å²) >= 11 is 0. The second-order valence-electron chi connectivity index (χ2n) is 6.70. The lowest BCUT2D eigenvalue weighted by molar-refractivity contribution is -0.122. The number of aromatic nitrogens is 2. The van der Waals surface area contributed by atoms with Gasteiger partial charge in [-0.25, -0.2) is 4.68 Å². The molecule has 0 saturated carbocycles. The highest BCUT2D eigenvalue weighted by molar-refractivity contribution is 5.85. The molecule has 1 heterocycles. The fourth-order valence-corrected chi connectivity index (χ4v) is 2.84. The summed E-state index contributed by atoms with van der Waals surface area (Å²) in [5.74, 6) is 0.489. The third-order valence-electron chi connectivity index (χ3n) is 3.82. The van der Waals surface area contributed by atoms with Crippen molar-refractivity contribution < 1.29 is 4.79 Å². The van der Waals surface area contributed by atoms with E-state index in [1.54, 1.807) is 10.9 Å². The number of rotatable bonds is 7. The number of nitrogens with two attached hydrogens (primary N) is 1. The van der Waals surface area contributed by atoms with Crippen LogP contribution in [-0.4, -0.2) is 27.8 Å². The fraction of sp³-hybridized carbons (Fsp3) is 0.444. The maximum Gasteiger partial charge on any atom is 0.224 e. The van der Waals surface area contributed by atoms with E-state index in [-0.39, 0.29) is 23.9 Å². The molecule has 1 aromatic heterocycles. The van der Waals surface area contributed by atoms with E-state index in [4.69, 9.17) is 5.73 Å². The van der Waals surface area contributed by atoms with E-state index in [9.17, 15) is 4.79 Å². The Morgan fingerprint density at radius 1 is 1.33 bits per heavy atom. The highest BCUT2D eigenvalue weighted by Crippen LogP contribution is 2.16. The van der Waals surface area contributed by atoms with E-state index in [1.165, 1.54) is 0 Å². The third kappa shape index (κ3) is 5.65. The van der Waals surface area contributed by atoms with Crippen molar-refractivity contribution in [3.05, 3.63) is 48.3 Å². The largest absolute Gasteiger partial charge is 0.349 e. The molecule has 2 aromatic rings. The van der Waals surface area contributed by atoms with Gasteiger partial charge in [0.25, 0.3) is 0 Å². The van der Waals surface area contributed by atoms with Crippen molar-refractivity contribution in [1.29, 1.82) is 0 Å². The van der Waals surface area contributed by atoms with Crippen LogP contribution >= 0.6 is 12.4 Å². The number of benzene rings is 1. The lowest BCUT2D eigenvalue weighted by Crippen LogP contribution is -2.52. The van der Waals surface area contributed by atoms with E-state index < -0.39 is 0 Å². The van der Waals surface area contributed by atoms with Crippen LogP contribution in [0, 0.1) is 5.92 Å². The second-order valence-corrected chi connectivity index (χ2v) is 6.70. The summed E-state index contributed by atoms with van der Waals surface area (Å²) in [6.45, 7) is 6.71. The molecule has 0 saturated heterocycles. The van der Waals surface area contributed by atoms with E-state index in [0.717, 1.165) is 17.7 Å². The Balaban J connectivity index is 0.00000288. The lowest BCUT2D eigenvalue weighted by Gasteiger charge is -2.31. The third-order valence-corrected chi connectivity index (χ3v) is 3.82. The monoisotopic (exact) mass is 350 g/mol. The Morgan fingerprint density at radius 3 is 2.50 bits per heavy atom. The van der Waals surface area contributed by atoms with Crippen molar-refractivity contribution >= 4 is 18.3 Å². The van der Waals surface area contributed by atoms with Crippen molar-refractivity contribution in [3.63, 3.8) is 0 Å². The first-order chi connectivity index (χ1) is 10.9. The Labute approximate surface area is 150 Å². The number of halogens is 1. The molecule has 24 heavy (non-hydrogen) atoms. The average molecular weight is 351 g/mol. The van der Waals surface area contributed by atoms with Crippen LogP contribution in [0.15, 0.2) is 42.7 Å². The number of nitrogens with zero attached hydrogens (tertiary/aromatic N) is 2. The molecule has 2 rings (SSSR count). The van der Waals surface area contributed by atoms with E-state index >= 15 is 0 Å². The van der Waals surface area contributed by atoms with Gasteiger partial charge in [-0.05, 0) is 43.0 Å². The lowest BCUT2D eigenvalue weighted by atomic mass is 9.90. The normalized spacial score (nSPS) is 13.2. The molecule has 3 N–H and O–H groups in total. The summed E-state index contributed by atoms with van der Waals surface area (Å²) in [4.78, 5) is 12.3. The molecular weight excluding hydrogens is 324 g/mol. The molecular formula is C18H27ClN4O. The minimum Gasteiger partial charge on any atom is -0.349 e. The molecule has 0 aliphatic heterocycles. The molecule has 0 spiro atoms. The highest BCUT2D eigenvalue weighted by Gasteiger charge is 2.25. The van der Waals surface area contributed by atoms with Crippen LogP contribution in [-0.2, 0) is 11.2 Å². The van der Waals surface area contributed by atoms with Crippen molar-refractivity contribution in [1.82, 2.24) is 15.1 Å². The van der Waals surface area contributed by atoms with E-state index in [1.807, 2.05) is 43.5 Å². The van der Waals surface area contributed by atoms with Gasteiger partial charge in [0.2, 0.25) is 5.91 Å². The maximum atomic E-state index is 12.3. The number of hydrogen-bond donors (Lipinski definition) is 2. The Morgan fingerprint density at radius 2 is 2.00 bits per heavy atom. The van der Waals surface area contributed by atoms with Crippen molar-refractivity contribution in [2.75, 3.05) is 6.54 Å². The Kier molecular flexibility index (Phi) is 7.45. The van der Waals surface area contributed by atoms with Crippen molar-refractivity contribution in [2.45, 2.75) is 39.2 Å². The smallest absolute Gasteiger partial charge is 0.224 e. The maximum absolute atomic E-state index is 12.3. The Hall–Kier alpha value is -1.85. The van der Waals surface area contributed by atoms with Crippen LogP contribution in [0.3, 0.4) is 0 Å². The molecule has 132 valence electrons. The zero-order valence-corrected chi connectivity index (χ0v) is 15.3. The molecule has 1 amide bonds. The van der Waals surface area contributed by atoms with Gasteiger partial charge in [0.05, 0.1) is 12.1 Å². The number of carbonyl (C=O) groups is 1. The van der Waals surface area contributed by atoms with E-state index in [0.29, 0.717) is 18.9 Å². The quantitative estimate of drug-likeness (QED) is 0.806. The van der Waals surface area contributed by atoms with Gasteiger partial charge in [-0.15, -0.1) is 12.4 Å². The summed E-state index contributed by atoms with van der Waals surface area (Å²) in [5.41, 5.74) is 7.45. The predicted octanol–water partition coefficient (Wildman–Crippen LogP) is 2.72. The molecule has 0 radical (unpaired) electrons. The first kappa shape index (κ1) is 20.2. The molecule has 0 fully saturated rings.